The zero-order valence-electron chi connectivity index (χ0n) is 16.3. The summed E-state index contributed by atoms with van der Waals surface area (Å²) < 4.78 is 5.80. The number of carboxylic acids is 1. The molecule has 1 saturated heterocycles. The third kappa shape index (κ3) is 4.81. The minimum absolute atomic E-state index is 0.0139. The van der Waals surface area contributed by atoms with Crippen LogP contribution in [0.5, 0.6) is 11.5 Å². The lowest BCUT2D eigenvalue weighted by Gasteiger charge is -2.21. The van der Waals surface area contributed by atoms with Crippen molar-refractivity contribution in [2.45, 2.75) is 37.7 Å². The van der Waals surface area contributed by atoms with Crippen LogP contribution in [0.2, 0.25) is 6.32 Å². The molecule has 10 nitrogen and oxygen atoms in total. The van der Waals surface area contributed by atoms with Gasteiger partial charge in [0.1, 0.15) is 29.2 Å². The van der Waals surface area contributed by atoms with E-state index in [1.54, 1.807) is 17.2 Å². The highest BCUT2D eigenvalue weighted by Gasteiger charge is 2.33. The van der Waals surface area contributed by atoms with Crippen molar-refractivity contribution in [3.8, 4) is 11.5 Å². The highest BCUT2D eigenvalue weighted by molar-refractivity contribution is 6.41. The second-order valence-electron chi connectivity index (χ2n) is 7.24. The molecule has 0 radical (unpaired) electrons. The second-order valence-corrected chi connectivity index (χ2v) is 7.24. The van der Waals surface area contributed by atoms with Crippen LogP contribution in [0.1, 0.15) is 28.8 Å². The number of carbonyl (C=O) groups is 2. The predicted octanol–water partition coefficient (Wildman–Crippen LogP) is -0.229. The van der Waals surface area contributed by atoms with Gasteiger partial charge in [-0.05, 0) is 24.4 Å². The molecule has 6 N–H and O–H groups in total. The van der Waals surface area contributed by atoms with Gasteiger partial charge in [-0.3, -0.25) is 9.79 Å². The van der Waals surface area contributed by atoms with Gasteiger partial charge in [0.15, 0.2) is 0 Å². The Morgan fingerprint density at radius 3 is 2.77 bits per heavy atom. The van der Waals surface area contributed by atoms with Gasteiger partial charge < -0.3 is 35.6 Å². The lowest BCUT2D eigenvalue weighted by molar-refractivity contribution is -0.130. The molecule has 1 amide bonds. The van der Waals surface area contributed by atoms with E-state index in [9.17, 15) is 19.8 Å². The van der Waals surface area contributed by atoms with Gasteiger partial charge in [0, 0.05) is 25.6 Å². The molecule has 0 aliphatic carbocycles. The van der Waals surface area contributed by atoms with Crippen LogP contribution >= 0.6 is 0 Å². The van der Waals surface area contributed by atoms with Crippen molar-refractivity contribution in [1.29, 1.82) is 0 Å². The SMILES string of the molecule is NC(C(=O)N1CC[C@H](Oc2ccc(CCB(O)O)c(O)c2C(=O)O)C1)C1=CCC=N1. The summed E-state index contributed by atoms with van der Waals surface area (Å²) in [5.74, 6) is -2.13. The Morgan fingerprint density at radius 1 is 1.37 bits per heavy atom. The van der Waals surface area contributed by atoms with Gasteiger partial charge in [0.25, 0.3) is 0 Å². The number of hydrogen-bond acceptors (Lipinski definition) is 8. The van der Waals surface area contributed by atoms with Crippen molar-refractivity contribution >= 4 is 25.2 Å². The number of aryl methyl sites for hydroxylation is 1. The Hall–Kier alpha value is -2.89. The maximum Gasteiger partial charge on any atom is 0.451 e. The zero-order chi connectivity index (χ0) is 21.8. The number of allylic oxidation sites excluding steroid dienone is 1. The fourth-order valence-electron chi connectivity index (χ4n) is 3.53. The molecule has 2 aliphatic rings. The number of hydrogen-bond donors (Lipinski definition) is 5. The van der Waals surface area contributed by atoms with Crippen molar-refractivity contribution in [1.82, 2.24) is 4.90 Å². The fraction of sp³-hybridized carbons (Fsp3) is 0.421. The average molecular weight is 417 g/mol. The summed E-state index contributed by atoms with van der Waals surface area (Å²) in [6.45, 7) is 0.650. The summed E-state index contributed by atoms with van der Waals surface area (Å²) in [5.41, 5.74) is 6.40. The average Bonchev–Trinajstić information content (AvgIpc) is 3.38. The van der Waals surface area contributed by atoms with Crippen LogP contribution in [0, 0.1) is 0 Å². The molecule has 2 atom stereocenters. The normalized spacial score (nSPS) is 19.0. The number of phenols is 1. The highest BCUT2D eigenvalue weighted by atomic mass is 16.5. The van der Waals surface area contributed by atoms with Crippen LogP contribution in [-0.4, -0.2) is 75.6 Å². The molecular formula is C19H24BN3O7. The molecule has 1 unspecified atom stereocenters. The van der Waals surface area contributed by atoms with Gasteiger partial charge in [0.05, 0.1) is 12.2 Å². The maximum absolute atomic E-state index is 12.6. The summed E-state index contributed by atoms with van der Waals surface area (Å²) >= 11 is 0. The topological polar surface area (TPSA) is 166 Å². The van der Waals surface area contributed by atoms with E-state index in [1.165, 1.54) is 12.1 Å². The van der Waals surface area contributed by atoms with Crippen LogP contribution in [0.15, 0.2) is 28.9 Å². The fourth-order valence-corrected chi connectivity index (χ4v) is 3.53. The Labute approximate surface area is 173 Å². The molecule has 30 heavy (non-hydrogen) atoms. The monoisotopic (exact) mass is 417 g/mol. The summed E-state index contributed by atoms with van der Waals surface area (Å²) in [7, 11) is -1.56. The van der Waals surface area contributed by atoms with E-state index in [-0.39, 0.29) is 36.5 Å². The largest absolute Gasteiger partial charge is 0.507 e. The molecule has 0 spiro atoms. The molecule has 11 heteroatoms. The Bertz CT molecular complexity index is 887. The summed E-state index contributed by atoms with van der Waals surface area (Å²) in [5, 5.41) is 37.8. The van der Waals surface area contributed by atoms with E-state index in [4.69, 9.17) is 20.5 Å². The van der Waals surface area contributed by atoms with Crippen LogP contribution in [0.25, 0.3) is 0 Å². The van der Waals surface area contributed by atoms with Gasteiger partial charge in [-0.1, -0.05) is 12.1 Å². The summed E-state index contributed by atoms with van der Waals surface area (Å²) in [6, 6.07) is 2.07. The zero-order valence-corrected chi connectivity index (χ0v) is 16.3. The van der Waals surface area contributed by atoms with E-state index >= 15 is 0 Å². The number of aliphatic imine (C=N–C) groups is 1. The smallest absolute Gasteiger partial charge is 0.451 e. The number of ether oxygens (including phenoxy) is 1. The molecule has 0 bridgehead atoms. The number of amides is 1. The van der Waals surface area contributed by atoms with Gasteiger partial charge >= 0.3 is 13.1 Å². The molecule has 0 saturated carbocycles. The Morgan fingerprint density at radius 2 is 2.13 bits per heavy atom. The van der Waals surface area contributed by atoms with E-state index in [0.717, 1.165) is 0 Å². The van der Waals surface area contributed by atoms with E-state index in [2.05, 4.69) is 4.99 Å². The van der Waals surface area contributed by atoms with Gasteiger partial charge in [-0.15, -0.1) is 0 Å². The van der Waals surface area contributed by atoms with Crippen molar-refractivity contribution in [2.75, 3.05) is 13.1 Å². The number of aromatic hydroxyl groups is 1. The molecular weight excluding hydrogens is 393 g/mol. The number of likely N-dealkylation sites (tertiary alicyclic amines) is 1. The van der Waals surface area contributed by atoms with Crippen LogP contribution in [0.4, 0.5) is 0 Å². The van der Waals surface area contributed by atoms with Crippen molar-refractivity contribution in [3.05, 3.63) is 35.0 Å². The van der Waals surface area contributed by atoms with Gasteiger partial charge in [-0.2, -0.15) is 0 Å². The molecule has 3 rings (SSSR count). The third-order valence-electron chi connectivity index (χ3n) is 5.12. The van der Waals surface area contributed by atoms with Gasteiger partial charge in [0.2, 0.25) is 5.91 Å². The predicted molar refractivity (Wildman–Crippen MR) is 109 cm³/mol. The minimum atomic E-state index is -1.56. The standard InChI is InChI=1S/C19H24BN3O7/c21-16(13-2-1-8-22-13)18(25)23-9-6-12(10-23)30-14-4-3-11(5-7-20(28)29)17(24)15(14)19(26)27/h2-4,8,12,16,24,28-29H,1,5-7,9-10,21H2,(H,26,27)/t12-,16?/m0/s1. The first-order valence-electron chi connectivity index (χ1n) is 9.65. The number of carboxylic acid groups (broad SMARTS) is 1. The van der Waals surface area contributed by atoms with Crippen molar-refractivity contribution < 1.29 is 34.6 Å². The molecule has 2 heterocycles. The van der Waals surface area contributed by atoms with Crippen LogP contribution in [-0.2, 0) is 11.2 Å². The van der Waals surface area contributed by atoms with Crippen LogP contribution < -0.4 is 10.5 Å². The minimum Gasteiger partial charge on any atom is -0.507 e. The molecule has 0 aromatic heterocycles. The first-order chi connectivity index (χ1) is 14.3. The van der Waals surface area contributed by atoms with E-state index in [0.29, 0.717) is 25.1 Å². The molecule has 1 fully saturated rings. The van der Waals surface area contributed by atoms with E-state index in [1.807, 2.05) is 0 Å². The molecule has 1 aromatic carbocycles. The lowest BCUT2D eigenvalue weighted by atomic mass is 9.82. The number of rotatable bonds is 8. The quantitative estimate of drug-likeness (QED) is 0.362. The Kier molecular flexibility index (Phi) is 6.75. The number of aromatic carboxylic acids is 1. The van der Waals surface area contributed by atoms with E-state index < -0.39 is 36.5 Å². The Balaban J connectivity index is 1.69. The number of nitrogens with zero attached hydrogens (tertiary/aromatic N) is 2. The lowest BCUT2D eigenvalue weighted by Crippen LogP contribution is -2.44. The third-order valence-corrected chi connectivity index (χ3v) is 5.12. The molecule has 2 aliphatic heterocycles. The van der Waals surface area contributed by atoms with Crippen LogP contribution in [0.3, 0.4) is 0 Å². The second kappa shape index (κ2) is 9.29. The summed E-state index contributed by atoms with van der Waals surface area (Å²) in [4.78, 5) is 29.9. The number of nitrogens with two attached hydrogens (primary N) is 1. The molecule has 1 aromatic rings. The van der Waals surface area contributed by atoms with Crippen molar-refractivity contribution in [3.63, 3.8) is 0 Å². The van der Waals surface area contributed by atoms with Crippen molar-refractivity contribution in [2.24, 2.45) is 10.7 Å². The molecule has 160 valence electrons. The number of benzene rings is 1. The first kappa shape index (κ1) is 21.8. The van der Waals surface area contributed by atoms with Gasteiger partial charge in [-0.25, -0.2) is 4.79 Å². The summed E-state index contributed by atoms with van der Waals surface area (Å²) in [6.07, 6.45) is 4.20. The maximum atomic E-state index is 12.6. The first-order valence-corrected chi connectivity index (χ1v) is 9.65. The highest BCUT2D eigenvalue weighted by Crippen LogP contribution is 2.34. The number of carbonyl (C=O) groups excluding carboxylic acids is 1.